The Labute approximate surface area is 114 Å². The van der Waals surface area contributed by atoms with E-state index >= 15 is 0 Å². The Kier molecular flexibility index (Phi) is 4.80. The molecular formula is C14H25N3O2. The molecule has 1 aliphatic carbocycles. The molecule has 0 spiro atoms. The van der Waals surface area contributed by atoms with Crippen LogP contribution in [0.25, 0.3) is 0 Å². The van der Waals surface area contributed by atoms with Gasteiger partial charge in [0.05, 0.1) is 5.92 Å². The molecule has 0 radical (unpaired) electrons. The minimum Gasteiger partial charge on any atom is -0.355 e. The van der Waals surface area contributed by atoms with E-state index < -0.39 is 0 Å². The van der Waals surface area contributed by atoms with Gasteiger partial charge in [0.25, 0.3) is 0 Å². The number of likely N-dealkylation sites (tertiary alicyclic amines) is 1. The van der Waals surface area contributed by atoms with Crippen LogP contribution in [0.1, 0.15) is 39.0 Å². The molecule has 2 amide bonds. The maximum Gasteiger partial charge on any atom is 0.225 e. The first-order valence-electron chi connectivity index (χ1n) is 7.39. The normalized spacial score (nSPS) is 31.6. The zero-order valence-corrected chi connectivity index (χ0v) is 11.7. The highest BCUT2D eigenvalue weighted by atomic mass is 16.2. The van der Waals surface area contributed by atoms with Crippen LogP contribution in [0.3, 0.4) is 0 Å². The third kappa shape index (κ3) is 3.47. The van der Waals surface area contributed by atoms with Gasteiger partial charge in [-0.15, -0.1) is 0 Å². The van der Waals surface area contributed by atoms with E-state index in [-0.39, 0.29) is 17.7 Å². The highest BCUT2D eigenvalue weighted by Crippen LogP contribution is 2.31. The van der Waals surface area contributed by atoms with E-state index in [4.69, 9.17) is 5.73 Å². The standard InChI is InChI=1S/C14H25N3O2/c1-10-2-4-12(5-3-10)17-9-11(8-13(17)18)14(19)16-7-6-15/h10-12H,2-9,15H2,1H3,(H,16,19). The van der Waals surface area contributed by atoms with Crippen LogP contribution in [0.4, 0.5) is 0 Å². The van der Waals surface area contributed by atoms with Crippen LogP contribution in [0.15, 0.2) is 0 Å². The fraction of sp³-hybridized carbons (Fsp3) is 0.857. The molecule has 0 aromatic heterocycles. The highest BCUT2D eigenvalue weighted by molar-refractivity contribution is 5.89. The number of carbonyl (C=O) groups excluding carboxylic acids is 2. The lowest BCUT2D eigenvalue weighted by atomic mass is 9.87. The lowest BCUT2D eigenvalue weighted by Crippen LogP contribution is -2.40. The van der Waals surface area contributed by atoms with Crippen molar-refractivity contribution in [2.45, 2.75) is 45.1 Å². The van der Waals surface area contributed by atoms with Crippen LogP contribution in [0, 0.1) is 11.8 Å². The van der Waals surface area contributed by atoms with Gasteiger partial charge in [0.15, 0.2) is 0 Å². The van der Waals surface area contributed by atoms with Crippen molar-refractivity contribution in [3.63, 3.8) is 0 Å². The van der Waals surface area contributed by atoms with Gasteiger partial charge in [0.2, 0.25) is 11.8 Å². The van der Waals surface area contributed by atoms with Crippen LogP contribution in [0.2, 0.25) is 0 Å². The van der Waals surface area contributed by atoms with Crippen molar-refractivity contribution < 1.29 is 9.59 Å². The second-order valence-corrected chi connectivity index (χ2v) is 5.94. The van der Waals surface area contributed by atoms with E-state index in [0.717, 1.165) is 18.8 Å². The summed E-state index contributed by atoms with van der Waals surface area (Å²) in [4.78, 5) is 25.9. The molecule has 2 aliphatic rings. The van der Waals surface area contributed by atoms with Gasteiger partial charge in [0, 0.05) is 32.1 Å². The monoisotopic (exact) mass is 267 g/mol. The molecule has 1 atom stereocenters. The molecule has 2 fully saturated rings. The number of hydrogen-bond donors (Lipinski definition) is 2. The van der Waals surface area contributed by atoms with Gasteiger partial charge in [-0.05, 0) is 31.6 Å². The Morgan fingerprint density at radius 2 is 2.05 bits per heavy atom. The molecule has 0 aromatic rings. The van der Waals surface area contributed by atoms with Crippen LogP contribution in [0.5, 0.6) is 0 Å². The number of amides is 2. The molecular weight excluding hydrogens is 242 g/mol. The average Bonchev–Trinajstić information content (AvgIpc) is 2.79. The largest absolute Gasteiger partial charge is 0.355 e. The van der Waals surface area contributed by atoms with Gasteiger partial charge in [0.1, 0.15) is 0 Å². The molecule has 3 N–H and O–H groups in total. The topological polar surface area (TPSA) is 75.4 Å². The number of rotatable bonds is 4. The Morgan fingerprint density at radius 1 is 1.37 bits per heavy atom. The first kappa shape index (κ1) is 14.3. The number of nitrogens with two attached hydrogens (primary N) is 1. The van der Waals surface area contributed by atoms with E-state index in [1.54, 1.807) is 0 Å². The van der Waals surface area contributed by atoms with E-state index in [9.17, 15) is 9.59 Å². The minimum absolute atomic E-state index is 0.0227. The van der Waals surface area contributed by atoms with Gasteiger partial charge in [-0.1, -0.05) is 6.92 Å². The molecule has 1 saturated heterocycles. The van der Waals surface area contributed by atoms with Gasteiger partial charge < -0.3 is 16.0 Å². The third-order valence-corrected chi connectivity index (χ3v) is 4.40. The molecule has 5 nitrogen and oxygen atoms in total. The Bertz CT molecular complexity index is 338. The molecule has 1 heterocycles. The summed E-state index contributed by atoms with van der Waals surface area (Å²) in [5.74, 6) is 0.717. The summed E-state index contributed by atoms with van der Waals surface area (Å²) in [5.41, 5.74) is 5.37. The van der Waals surface area contributed by atoms with Crippen molar-refractivity contribution in [2.24, 2.45) is 17.6 Å². The summed E-state index contributed by atoms with van der Waals surface area (Å²) in [6.45, 7) is 3.79. The Hall–Kier alpha value is -1.10. The average molecular weight is 267 g/mol. The van der Waals surface area contributed by atoms with E-state index in [0.29, 0.717) is 32.1 Å². The second-order valence-electron chi connectivity index (χ2n) is 5.94. The zero-order chi connectivity index (χ0) is 13.8. The SMILES string of the molecule is CC1CCC(N2CC(C(=O)NCCN)CC2=O)CC1. The lowest BCUT2D eigenvalue weighted by molar-refractivity contribution is -0.130. The Balaban J connectivity index is 1.87. The van der Waals surface area contributed by atoms with Crippen molar-refractivity contribution in [3.8, 4) is 0 Å². The fourth-order valence-corrected chi connectivity index (χ4v) is 3.15. The minimum atomic E-state index is -0.182. The van der Waals surface area contributed by atoms with E-state index in [2.05, 4.69) is 12.2 Å². The van der Waals surface area contributed by atoms with Crippen LogP contribution in [-0.4, -0.2) is 42.4 Å². The van der Waals surface area contributed by atoms with Crippen molar-refractivity contribution in [1.29, 1.82) is 0 Å². The van der Waals surface area contributed by atoms with Gasteiger partial charge in [-0.25, -0.2) is 0 Å². The van der Waals surface area contributed by atoms with Crippen molar-refractivity contribution >= 4 is 11.8 Å². The summed E-state index contributed by atoms with van der Waals surface area (Å²) in [5, 5.41) is 2.78. The number of nitrogens with zero attached hydrogens (tertiary/aromatic N) is 1. The summed E-state index contributed by atoms with van der Waals surface area (Å²) in [6.07, 6.45) is 4.92. The summed E-state index contributed by atoms with van der Waals surface area (Å²) in [6, 6.07) is 0.357. The molecule has 19 heavy (non-hydrogen) atoms. The van der Waals surface area contributed by atoms with Crippen molar-refractivity contribution in [3.05, 3.63) is 0 Å². The summed E-state index contributed by atoms with van der Waals surface area (Å²) in [7, 11) is 0. The van der Waals surface area contributed by atoms with Crippen molar-refractivity contribution in [1.82, 2.24) is 10.2 Å². The van der Waals surface area contributed by atoms with Gasteiger partial charge >= 0.3 is 0 Å². The predicted molar refractivity (Wildman–Crippen MR) is 73.3 cm³/mol. The molecule has 108 valence electrons. The highest BCUT2D eigenvalue weighted by Gasteiger charge is 2.38. The van der Waals surface area contributed by atoms with Crippen LogP contribution >= 0.6 is 0 Å². The molecule has 2 rings (SSSR count). The lowest BCUT2D eigenvalue weighted by Gasteiger charge is -2.33. The molecule has 1 aliphatic heterocycles. The van der Waals surface area contributed by atoms with Crippen LogP contribution < -0.4 is 11.1 Å². The Morgan fingerprint density at radius 3 is 2.68 bits per heavy atom. The molecule has 0 aromatic carbocycles. The molecule has 1 saturated carbocycles. The molecule has 5 heteroatoms. The molecule has 0 bridgehead atoms. The first-order chi connectivity index (χ1) is 9.11. The number of nitrogens with one attached hydrogen (secondary N) is 1. The van der Waals surface area contributed by atoms with E-state index in [1.165, 1.54) is 12.8 Å². The maximum atomic E-state index is 12.1. The fourth-order valence-electron chi connectivity index (χ4n) is 3.15. The predicted octanol–water partition coefficient (Wildman–Crippen LogP) is 0.489. The van der Waals surface area contributed by atoms with Gasteiger partial charge in [-0.2, -0.15) is 0 Å². The van der Waals surface area contributed by atoms with Crippen LogP contribution in [-0.2, 0) is 9.59 Å². The van der Waals surface area contributed by atoms with E-state index in [1.807, 2.05) is 4.90 Å². The summed E-state index contributed by atoms with van der Waals surface area (Å²) < 4.78 is 0. The summed E-state index contributed by atoms with van der Waals surface area (Å²) >= 11 is 0. The van der Waals surface area contributed by atoms with Gasteiger partial charge in [-0.3, -0.25) is 9.59 Å². The quantitative estimate of drug-likeness (QED) is 0.778. The number of carbonyl (C=O) groups is 2. The maximum absolute atomic E-state index is 12.1. The first-order valence-corrected chi connectivity index (χ1v) is 7.39. The second kappa shape index (κ2) is 6.37. The number of hydrogen-bond acceptors (Lipinski definition) is 3. The zero-order valence-electron chi connectivity index (χ0n) is 11.7. The third-order valence-electron chi connectivity index (χ3n) is 4.40. The van der Waals surface area contributed by atoms with Crippen molar-refractivity contribution in [2.75, 3.05) is 19.6 Å². The molecule has 1 unspecified atom stereocenters. The smallest absolute Gasteiger partial charge is 0.225 e.